The van der Waals surface area contributed by atoms with E-state index in [0.29, 0.717) is 4.90 Å². The van der Waals surface area contributed by atoms with Crippen LogP contribution < -0.4 is 0 Å². The van der Waals surface area contributed by atoms with Crippen LogP contribution in [0.4, 0.5) is 0 Å². The number of hydrogen-bond acceptors (Lipinski definition) is 2. The first-order chi connectivity index (χ1) is 7.25. The van der Waals surface area contributed by atoms with E-state index in [9.17, 15) is 8.76 Å². The molecular formula is C12H17O2S-. The van der Waals surface area contributed by atoms with Crippen LogP contribution in [0.1, 0.15) is 38.2 Å². The average Bonchev–Trinajstić information content (AvgIpc) is 2.25. The molecule has 0 bridgehead atoms. The standard InChI is InChI=1S/C12H18O2S/c1-2-3-4-5-8-11-9-6-7-10-12(11)15(13)14/h6-7,9-10H,2-5,8H2,1H3,(H,13,14)/p-1. The highest BCUT2D eigenvalue weighted by atomic mass is 32.2. The first kappa shape index (κ1) is 12.4. The molecule has 0 fully saturated rings. The first-order valence-corrected chi connectivity index (χ1v) is 6.50. The van der Waals surface area contributed by atoms with E-state index in [0.717, 1.165) is 18.4 Å². The Kier molecular flexibility index (Phi) is 5.58. The largest absolute Gasteiger partial charge is 0.768 e. The quantitative estimate of drug-likeness (QED) is 0.551. The van der Waals surface area contributed by atoms with Crippen LogP contribution in [0.15, 0.2) is 29.2 Å². The lowest BCUT2D eigenvalue weighted by Crippen LogP contribution is -1.96. The third-order valence-electron chi connectivity index (χ3n) is 2.45. The van der Waals surface area contributed by atoms with E-state index in [-0.39, 0.29) is 0 Å². The minimum absolute atomic E-state index is 0.453. The van der Waals surface area contributed by atoms with E-state index in [2.05, 4.69) is 6.92 Å². The highest BCUT2D eigenvalue weighted by Gasteiger charge is 2.01. The zero-order chi connectivity index (χ0) is 11.1. The predicted octanol–water partition coefficient (Wildman–Crippen LogP) is 3.05. The van der Waals surface area contributed by atoms with Crippen molar-refractivity contribution >= 4 is 11.1 Å². The molecule has 0 aliphatic carbocycles. The summed E-state index contributed by atoms with van der Waals surface area (Å²) >= 11 is -2.10. The molecule has 1 aromatic rings. The third kappa shape index (κ3) is 4.14. The lowest BCUT2D eigenvalue weighted by molar-refractivity contribution is 0.535. The van der Waals surface area contributed by atoms with Gasteiger partial charge in [-0.2, -0.15) is 0 Å². The van der Waals surface area contributed by atoms with Gasteiger partial charge in [-0.05, 0) is 35.6 Å². The molecule has 1 atom stereocenters. The molecule has 0 aromatic heterocycles. The van der Waals surface area contributed by atoms with Crippen LogP contribution in [0.3, 0.4) is 0 Å². The number of aryl methyl sites for hydroxylation is 1. The van der Waals surface area contributed by atoms with Gasteiger partial charge in [-0.15, -0.1) is 0 Å². The molecule has 0 amide bonds. The highest BCUT2D eigenvalue weighted by molar-refractivity contribution is 7.79. The molecule has 0 heterocycles. The molecule has 1 aromatic carbocycles. The second-order valence-electron chi connectivity index (χ2n) is 3.65. The van der Waals surface area contributed by atoms with Crippen LogP contribution in [0, 0.1) is 0 Å². The van der Waals surface area contributed by atoms with Crippen LogP contribution in [0.25, 0.3) is 0 Å². The Morgan fingerprint density at radius 2 is 1.93 bits per heavy atom. The third-order valence-corrected chi connectivity index (χ3v) is 3.21. The maximum atomic E-state index is 10.9. The van der Waals surface area contributed by atoms with Crippen molar-refractivity contribution in [1.29, 1.82) is 0 Å². The summed E-state index contributed by atoms with van der Waals surface area (Å²) in [5, 5.41) is 0. The van der Waals surface area contributed by atoms with Gasteiger partial charge in [0.1, 0.15) is 0 Å². The van der Waals surface area contributed by atoms with E-state index >= 15 is 0 Å². The molecule has 84 valence electrons. The Labute approximate surface area is 94.0 Å². The van der Waals surface area contributed by atoms with Crippen LogP contribution in [-0.2, 0) is 17.5 Å². The maximum absolute atomic E-state index is 10.9. The summed E-state index contributed by atoms with van der Waals surface area (Å²) in [6, 6.07) is 7.22. The van der Waals surface area contributed by atoms with Gasteiger partial charge in [-0.1, -0.05) is 44.4 Å². The van der Waals surface area contributed by atoms with Gasteiger partial charge in [0, 0.05) is 4.90 Å². The van der Waals surface area contributed by atoms with E-state index in [1.165, 1.54) is 19.3 Å². The van der Waals surface area contributed by atoms with Crippen molar-refractivity contribution in [3.05, 3.63) is 29.8 Å². The summed E-state index contributed by atoms with van der Waals surface area (Å²) in [5.74, 6) is 0. The van der Waals surface area contributed by atoms with E-state index < -0.39 is 11.1 Å². The van der Waals surface area contributed by atoms with Gasteiger partial charge in [0.05, 0.1) is 0 Å². The number of unbranched alkanes of at least 4 members (excludes halogenated alkanes) is 3. The fourth-order valence-corrected chi connectivity index (χ4v) is 2.19. The molecular weight excluding hydrogens is 208 g/mol. The zero-order valence-corrected chi connectivity index (χ0v) is 9.89. The predicted molar refractivity (Wildman–Crippen MR) is 61.5 cm³/mol. The Hall–Kier alpha value is -0.670. The minimum atomic E-state index is -2.10. The Morgan fingerprint density at radius 3 is 2.60 bits per heavy atom. The molecule has 0 aliphatic rings. The summed E-state index contributed by atoms with van der Waals surface area (Å²) in [7, 11) is 0. The fraction of sp³-hybridized carbons (Fsp3) is 0.500. The molecule has 0 saturated heterocycles. The van der Waals surface area contributed by atoms with Crippen molar-refractivity contribution in [2.45, 2.75) is 43.9 Å². The topological polar surface area (TPSA) is 40.1 Å². The summed E-state index contributed by atoms with van der Waals surface area (Å²) in [6.07, 6.45) is 5.54. The molecule has 1 unspecified atom stereocenters. The molecule has 3 heteroatoms. The second-order valence-corrected chi connectivity index (χ2v) is 4.56. The lowest BCUT2D eigenvalue weighted by atomic mass is 10.1. The van der Waals surface area contributed by atoms with Gasteiger partial charge in [0.25, 0.3) is 0 Å². The fourth-order valence-electron chi connectivity index (χ4n) is 1.62. The van der Waals surface area contributed by atoms with Crippen molar-refractivity contribution in [2.24, 2.45) is 0 Å². The monoisotopic (exact) mass is 225 g/mol. The van der Waals surface area contributed by atoms with Crippen LogP contribution in [0.2, 0.25) is 0 Å². The second kappa shape index (κ2) is 6.75. The van der Waals surface area contributed by atoms with Crippen molar-refractivity contribution in [3.8, 4) is 0 Å². The van der Waals surface area contributed by atoms with Gasteiger partial charge in [0.2, 0.25) is 0 Å². The molecule has 15 heavy (non-hydrogen) atoms. The van der Waals surface area contributed by atoms with Crippen molar-refractivity contribution in [2.75, 3.05) is 0 Å². The van der Waals surface area contributed by atoms with Gasteiger partial charge in [0.15, 0.2) is 0 Å². The van der Waals surface area contributed by atoms with Gasteiger partial charge in [-0.3, -0.25) is 4.21 Å². The normalized spacial score (nSPS) is 12.7. The average molecular weight is 225 g/mol. The maximum Gasteiger partial charge on any atom is 0.0280 e. The Bertz CT molecular complexity index is 323. The summed E-state index contributed by atoms with van der Waals surface area (Å²) in [6.45, 7) is 2.17. The first-order valence-electron chi connectivity index (χ1n) is 5.43. The van der Waals surface area contributed by atoms with Gasteiger partial charge < -0.3 is 4.55 Å². The van der Waals surface area contributed by atoms with Crippen molar-refractivity contribution in [3.63, 3.8) is 0 Å². The van der Waals surface area contributed by atoms with E-state index in [4.69, 9.17) is 0 Å². The highest BCUT2D eigenvalue weighted by Crippen LogP contribution is 2.15. The van der Waals surface area contributed by atoms with Crippen molar-refractivity contribution < 1.29 is 8.76 Å². The number of benzene rings is 1. The van der Waals surface area contributed by atoms with Gasteiger partial charge in [-0.25, -0.2) is 0 Å². The number of hydrogen-bond donors (Lipinski definition) is 0. The molecule has 0 saturated carbocycles. The smallest absolute Gasteiger partial charge is 0.0280 e. The van der Waals surface area contributed by atoms with Crippen molar-refractivity contribution in [1.82, 2.24) is 0 Å². The molecule has 0 radical (unpaired) electrons. The minimum Gasteiger partial charge on any atom is -0.768 e. The van der Waals surface area contributed by atoms with Crippen LogP contribution >= 0.6 is 0 Å². The molecule has 1 rings (SSSR count). The molecule has 0 N–H and O–H groups in total. The van der Waals surface area contributed by atoms with Gasteiger partial charge >= 0.3 is 0 Å². The summed E-state index contributed by atoms with van der Waals surface area (Å²) < 4.78 is 21.8. The SMILES string of the molecule is CCCCCCc1ccccc1S(=O)[O-]. The van der Waals surface area contributed by atoms with Crippen LogP contribution in [-0.4, -0.2) is 8.76 Å². The summed E-state index contributed by atoms with van der Waals surface area (Å²) in [5.41, 5.74) is 0.946. The molecule has 0 spiro atoms. The Balaban J connectivity index is 2.56. The van der Waals surface area contributed by atoms with E-state index in [1.54, 1.807) is 12.1 Å². The molecule has 2 nitrogen and oxygen atoms in total. The van der Waals surface area contributed by atoms with Crippen LogP contribution in [0.5, 0.6) is 0 Å². The summed E-state index contributed by atoms with van der Waals surface area (Å²) in [4.78, 5) is 0.453. The Morgan fingerprint density at radius 1 is 1.20 bits per heavy atom. The molecule has 0 aliphatic heterocycles. The lowest BCUT2D eigenvalue weighted by Gasteiger charge is -2.11. The van der Waals surface area contributed by atoms with E-state index in [1.807, 2.05) is 12.1 Å². The zero-order valence-electron chi connectivity index (χ0n) is 9.07. The number of rotatable bonds is 6.